The van der Waals surface area contributed by atoms with Crippen molar-refractivity contribution in [1.29, 1.82) is 0 Å². The van der Waals surface area contributed by atoms with E-state index in [2.05, 4.69) is 34.3 Å². The van der Waals surface area contributed by atoms with Crippen LogP contribution in [0.25, 0.3) is 0 Å². The average Bonchev–Trinajstić information content (AvgIpc) is 3.34. The molecule has 3 rings (SSSR count). The number of pyridine rings is 1. The third kappa shape index (κ3) is 5.77. The van der Waals surface area contributed by atoms with E-state index in [-0.39, 0.29) is 17.9 Å². The van der Waals surface area contributed by atoms with Crippen molar-refractivity contribution in [2.45, 2.75) is 71.5 Å². The van der Waals surface area contributed by atoms with Crippen LogP contribution in [0, 0.1) is 19.8 Å². The van der Waals surface area contributed by atoms with Gasteiger partial charge in [-0.2, -0.15) is 0 Å². The highest BCUT2D eigenvalue weighted by molar-refractivity contribution is 5.76. The second-order valence-corrected chi connectivity index (χ2v) is 8.69. The van der Waals surface area contributed by atoms with Crippen molar-refractivity contribution in [3.63, 3.8) is 0 Å². The molecule has 28 heavy (non-hydrogen) atoms. The Kier molecular flexibility index (Phi) is 6.70. The molecule has 6 nitrogen and oxygen atoms in total. The van der Waals surface area contributed by atoms with Crippen molar-refractivity contribution in [1.82, 2.24) is 20.1 Å². The van der Waals surface area contributed by atoms with Gasteiger partial charge >= 0.3 is 0 Å². The predicted molar refractivity (Wildman–Crippen MR) is 110 cm³/mol. The lowest BCUT2D eigenvalue weighted by atomic mass is 10.1. The quantitative estimate of drug-likeness (QED) is 0.745. The van der Waals surface area contributed by atoms with Gasteiger partial charge in [0.25, 0.3) is 0 Å². The highest BCUT2D eigenvalue weighted by Crippen LogP contribution is 2.35. The number of nitrogens with zero attached hydrogens (tertiary/aromatic N) is 3. The summed E-state index contributed by atoms with van der Waals surface area (Å²) in [7, 11) is 1.87. The standard InChI is InChI=1S/C22H34N4O2/c1-15-9-16(2)24-19(10-15)14-25(4)22(28)11-20-7-8-21(12-23-17(3)27)26(20)13-18-5-6-18/h9-10,18,20-21H,5-8,11-14H2,1-4H3,(H,23,27)/t20-,21+/m1/s1. The number of aromatic nitrogens is 1. The van der Waals surface area contributed by atoms with Crippen molar-refractivity contribution in [3.05, 3.63) is 29.1 Å². The Bertz CT molecular complexity index is 696. The van der Waals surface area contributed by atoms with Gasteiger partial charge in [0.05, 0.1) is 12.2 Å². The first-order valence-electron chi connectivity index (χ1n) is 10.5. The van der Waals surface area contributed by atoms with Gasteiger partial charge in [0.1, 0.15) is 0 Å². The second-order valence-electron chi connectivity index (χ2n) is 8.69. The fraction of sp³-hybridized carbons (Fsp3) is 0.682. The van der Waals surface area contributed by atoms with E-state index >= 15 is 0 Å². The van der Waals surface area contributed by atoms with E-state index in [0.717, 1.165) is 36.7 Å². The first kappa shape index (κ1) is 20.8. The van der Waals surface area contributed by atoms with Crippen LogP contribution in [0.15, 0.2) is 12.1 Å². The first-order chi connectivity index (χ1) is 13.3. The number of amides is 2. The molecule has 2 atom stereocenters. The molecule has 2 amide bonds. The van der Waals surface area contributed by atoms with Crippen LogP contribution in [0.3, 0.4) is 0 Å². The topological polar surface area (TPSA) is 65.5 Å². The third-order valence-corrected chi connectivity index (χ3v) is 5.91. The van der Waals surface area contributed by atoms with Gasteiger partial charge in [0.15, 0.2) is 0 Å². The summed E-state index contributed by atoms with van der Waals surface area (Å²) in [5, 5.41) is 2.97. The summed E-state index contributed by atoms with van der Waals surface area (Å²) < 4.78 is 0. The Labute approximate surface area is 168 Å². The van der Waals surface area contributed by atoms with Crippen molar-refractivity contribution >= 4 is 11.8 Å². The molecule has 1 N–H and O–H groups in total. The number of carbonyl (C=O) groups is 2. The van der Waals surface area contributed by atoms with Gasteiger partial charge in [0.2, 0.25) is 11.8 Å². The van der Waals surface area contributed by atoms with Crippen LogP contribution in [0.1, 0.15) is 56.0 Å². The molecule has 1 aromatic rings. The minimum Gasteiger partial charge on any atom is -0.355 e. The summed E-state index contributed by atoms with van der Waals surface area (Å²) in [6, 6.07) is 4.74. The zero-order valence-corrected chi connectivity index (χ0v) is 17.7. The number of hydrogen-bond acceptors (Lipinski definition) is 4. The molecule has 0 unspecified atom stereocenters. The molecule has 6 heteroatoms. The smallest absolute Gasteiger partial charge is 0.224 e. The summed E-state index contributed by atoms with van der Waals surface area (Å²) in [6.07, 6.45) is 5.21. The number of rotatable bonds is 8. The van der Waals surface area contributed by atoms with Crippen LogP contribution < -0.4 is 5.32 Å². The number of nitrogens with one attached hydrogen (secondary N) is 1. The van der Waals surface area contributed by atoms with E-state index < -0.39 is 0 Å². The van der Waals surface area contributed by atoms with Gasteiger partial charge < -0.3 is 10.2 Å². The maximum absolute atomic E-state index is 12.9. The second kappa shape index (κ2) is 9.03. The highest BCUT2D eigenvalue weighted by Gasteiger charge is 2.38. The molecule has 1 saturated heterocycles. The Morgan fingerprint density at radius 2 is 1.89 bits per heavy atom. The summed E-state index contributed by atoms with van der Waals surface area (Å²) in [5.74, 6) is 0.964. The van der Waals surface area contributed by atoms with Crippen molar-refractivity contribution in [2.75, 3.05) is 20.1 Å². The number of likely N-dealkylation sites (tertiary alicyclic amines) is 1. The van der Waals surface area contributed by atoms with Crippen molar-refractivity contribution in [2.24, 2.45) is 5.92 Å². The van der Waals surface area contributed by atoms with Crippen molar-refractivity contribution in [3.8, 4) is 0 Å². The molecule has 154 valence electrons. The molecule has 1 saturated carbocycles. The van der Waals surface area contributed by atoms with E-state index in [1.54, 1.807) is 11.8 Å². The van der Waals surface area contributed by atoms with Gasteiger partial charge in [-0.1, -0.05) is 0 Å². The Balaban J connectivity index is 1.58. The van der Waals surface area contributed by atoms with E-state index in [9.17, 15) is 9.59 Å². The molecule has 1 aliphatic heterocycles. The summed E-state index contributed by atoms with van der Waals surface area (Å²) in [5.41, 5.74) is 3.11. The number of carbonyl (C=O) groups excluding carboxylic acids is 2. The molecule has 1 aromatic heterocycles. The SMILES string of the molecule is CC(=O)NC[C@@H]1CC[C@H](CC(=O)N(C)Cc2cc(C)cc(C)n2)N1CC1CC1. The summed E-state index contributed by atoms with van der Waals surface area (Å²) in [6.45, 7) is 7.91. The first-order valence-corrected chi connectivity index (χ1v) is 10.5. The van der Waals surface area contributed by atoms with Gasteiger partial charge in [0, 0.05) is 51.3 Å². The minimum absolute atomic E-state index is 0.0200. The maximum Gasteiger partial charge on any atom is 0.224 e. The summed E-state index contributed by atoms with van der Waals surface area (Å²) in [4.78, 5) is 33.1. The predicted octanol–water partition coefficient (Wildman–Crippen LogP) is 2.43. The molecular formula is C22H34N4O2. The Hall–Kier alpha value is -1.95. The van der Waals surface area contributed by atoms with Gasteiger partial charge in [-0.05, 0) is 63.1 Å². The van der Waals surface area contributed by atoms with Gasteiger partial charge in [-0.25, -0.2) is 0 Å². The molecule has 0 radical (unpaired) electrons. The average molecular weight is 387 g/mol. The van der Waals surface area contributed by atoms with E-state index in [4.69, 9.17) is 0 Å². The van der Waals surface area contributed by atoms with Crippen LogP contribution in [-0.2, 0) is 16.1 Å². The minimum atomic E-state index is 0.0200. The molecule has 2 aliphatic rings. The summed E-state index contributed by atoms with van der Waals surface area (Å²) >= 11 is 0. The Morgan fingerprint density at radius 3 is 2.54 bits per heavy atom. The van der Waals surface area contributed by atoms with Crippen LogP contribution in [0.4, 0.5) is 0 Å². The molecule has 0 spiro atoms. The molecule has 1 aliphatic carbocycles. The maximum atomic E-state index is 12.9. The fourth-order valence-corrected chi connectivity index (χ4v) is 4.31. The van der Waals surface area contributed by atoms with Crippen molar-refractivity contribution < 1.29 is 9.59 Å². The Morgan fingerprint density at radius 1 is 1.18 bits per heavy atom. The lowest BCUT2D eigenvalue weighted by Gasteiger charge is -2.31. The lowest BCUT2D eigenvalue weighted by molar-refractivity contribution is -0.131. The van der Waals surface area contributed by atoms with Gasteiger partial charge in [-0.15, -0.1) is 0 Å². The van der Waals surface area contributed by atoms with Gasteiger partial charge in [-0.3, -0.25) is 19.5 Å². The molecule has 0 aromatic carbocycles. The zero-order valence-electron chi connectivity index (χ0n) is 17.7. The lowest BCUT2D eigenvalue weighted by Crippen LogP contribution is -2.45. The molecule has 0 bridgehead atoms. The van der Waals surface area contributed by atoms with Crippen LogP contribution >= 0.6 is 0 Å². The van der Waals surface area contributed by atoms with E-state index in [1.165, 1.54) is 18.4 Å². The highest BCUT2D eigenvalue weighted by atomic mass is 16.2. The number of hydrogen-bond donors (Lipinski definition) is 1. The molecular weight excluding hydrogens is 352 g/mol. The van der Waals surface area contributed by atoms with E-state index in [0.29, 0.717) is 25.6 Å². The largest absolute Gasteiger partial charge is 0.355 e. The zero-order chi connectivity index (χ0) is 20.3. The molecule has 2 fully saturated rings. The van der Waals surface area contributed by atoms with Crippen LogP contribution in [-0.4, -0.2) is 58.8 Å². The monoisotopic (exact) mass is 386 g/mol. The van der Waals surface area contributed by atoms with Crippen LogP contribution in [0.2, 0.25) is 0 Å². The van der Waals surface area contributed by atoms with Crippen LogP contribution in [0.5, 0.6) is 0 Å². The number of aryl methyl sites for hydroxylation is 2. The normalized spacial score (nSPS) is 22.3. The van der Waals surface area contributed by atoms with E-state index in [1.807, 2.05) is 14.0 Å². The third-order valence-electron chi connectivity index (χ3n) is 5.91. The fourth-order valence-electron chi connectivity index (χ4n) is 4.31. The molecule has 2 heterocycles.